The van der Waals surface area contributed by atoms with E-state index in [1.165, 1.54) is 24.3 Å². The molecule has 0 spiro atoms. The van der Waals surface area contributed by atoms with E-state index in [9.17, 15) is 0 Å². The summed E-state index contributed by atoms with van der Waals surface area (Å²) in [5, 5.41) is 6.92. The molecular weight excluding hydrogens is 218 g/mol. The third-order valence-corrected chi connectivity index (χ3v) is 3.12. The molecule has 1 fully saturated rings. The van der Waals surface area contributed by atoms with E-state index in [1.807, 2.05) is 11.7 Å². The summed E-state index contributed by atoms with van der Waals surface area (Å²) in [5.74, 6) is 0. The highest BCUT2D eigenvalue weighted by Gasteiger charge is 2.11. The Balaban J connectivity index is 0.000000980. The predicted molar refractivity (Wildman–Crippen MR) is 62.1 cm³/mol. The first kappa shape index (κ1) is 11.9. The fraction of sp³-hybridized carbons (Fsp3) is 0.667. The zero-order valence-corrected chi connectivity index (χ0v) is 9.66. The number of piperidine rings is 1. The molecule has 0 unspecified atom stereocenters. The number of hydrogen-bond acceptors (Lipinski definition) is 4. The fourth-order valence-electron chi connectivity index (χ4n) is 1.60. The van der Waals surface area contributed by atoms with Gasteiger partial charge >= 0.3 is 0 Å². The minimum Gasteiger partial charge on any atom is -0.315 e. The monoisotopic (exact) mass is 233 g/mol. The van der Waals surface area contributed by atoms with Gasteiger partial charge in [-0.15, -0.1) is 23.7 Å². The zero-order chi connectivity index (χ0) is 8.93. The molecule has 1 aromatic heterocycles. The summed E-state index contributed by atoms with van der Waals surface area (Å²) in [6.07, 6.45) is 4.53. The van der Waals surface area contributed by atoms with Crippen LogP contribution in [0.3, 0.4) is 0 Å². The van der Waals surface area contributed by atoms with Crippen LogP contribution in [0.25, 0.3) is 0 Å². The van der Waals surface area contributed by atoms with Gasteiger partial charge in [-0.25, -0.2) is 0 Å². The molecule has 0 bridgehead atoms. The predicted octanol–water partition coefficient (Wildman–Crippen LogP) is 1.41. The topological polar surface area (TPSA) is 37.0 Å². The Morgan fingerprint density at radius 1 is 1.64 bits per heavy atom. The van der Waals surface area contributed by atoms with Crippen molar-refractivity contribution in [2.45, 2.75) is 25.4 Å². The average molecular weight is 234 g/mol. The van der Waals surface area contributed by atoms with Crippen molar-refractivity contribution in [3.63, 3.8) is 0 Å². The van der Waals surface area contributed by atoms with Crippen molar-refractivity contribution in [1.82, 2.24) is 15.6 Å². The molecular formula is C9H16ClN3S. The van der Waals surface area contributed by atoms with Crippen molar-refractivity contribution in [3.05, 3.63) is 16.6 Å². The number of thiazole rings is 1. The molecule has 1 saturated heterocycles. The normalized spacial score (nSPS) is 21.6. The highest BCUT2D eigenvalue weighted by molar-refractivity contribution is 7.09. The van der Waals surface area contributed by atoms with Gasteiger partial charge in [-0.3, -0.25) is 4.98 Å². The summed E-state index contributed by atoms with van der Waals surface area (Å²) >= 11 is 1.72. The second kappa shape index (κ2) is 6.35. The molecule has 1 atom stereocenters. The molecule has 0 saturated carbocycles. The second-order valence-corrected chi connectivity index (χ2v) is 4.36. The smallest absolute Gasteiger partial charge is 0.0794 e. The quantitative estimate of drug-likeness (QED) is 0.829. The van der Waals surface area contributed by atoms with Crippen molar-refractivity contribution in [1.29, 1.82) is 0 Å². The number of hydrogen-bond donors (Lipinski definition) is 2. The molecule has 5 heteroatoms. The van der Waals surface area contributed by atoms with Crippen LogP contribution in [0.5, 0.6) is 0 Å². The van der Waals surface area contributed by atoms with Crippen LogP contribution >= 0.6 is 23.7 Å². The Morgan fingerprint density at radius 3 is 3.21 bits per heavy atom. The first-order valence-electron chi connectivity index (χ1n) is 4.76. The third kappa shape index (κ3) is 3.53. The zero-order valence-electron chi connectivity index (χ0n) is 8.03. The van der Waals surface area contributed by atoms with Gasteiger partial charge in [0.25, 0.3) is 0 Å². The average Bonchev–Trinajstić information content (AvgIpc) is 2.69. The molecule has 1 aliphatic heterocycles. The Labute approximate surface area is 94.7 Å². The Morgan fingerprint density at radius 2 is 2.57 bits per heavy atom. The van der Waals surface area contributed by atoms with Crippen molar-refractivity contribution < 1.29 is 0 Å². The van der Waals surface area contributed by atoms with Crippen molar-refractivity contribution in [2.24, 2.45) is 0 Å². The molecule has 1 aliphatic rings. The van der Waals surface area contributed by atoms with Gasteiger partial charge in [-0.1, -0.05) is 0 Å². The summed E-state index contributed by atoms with van der Waals surface area (Å²) in [5.41, 5.74) is 1.89. The van der Waals surface area contributed by atoms with Gasteiger partial charge in [0.2, 0.25) is 0 Å². The first-order chi connectivity index (χ1) is 6.45. The number of rotatable bonds is 3. The lowest BCUT2D eigenvalue weighted by Crippen LogP contribution is -2.42. The highest BCUT2D eigenvalue weighted by Crippen LogP contribution is 2.07. The van der Waals surface area contributed by atoms with Gasteiger partial charge < -0.3 is 10.6 Å². The van der Waals surface area contributed by atoms with Crippen LogP contribution < -0.4 is 10.6 Å². The molecule has 14 heavy (non-hydrogen) atoms. The molecule has 2 rings (SSSR count). The lowest BCUT2D eigenvalue weighted by atomic mass is 10.1. The van der Waals surface area contributed by atoms with Gasteiger partial charge in [0.05, 0.1) is 5.51 Å². The van der Waals surface area contributed by atoms with Crippen LogP contribution in [0.4, 0.5) is 0 Å². The molecule has 0 aliphatic carbocycles. The standard InChI is InChI=1S/C9H15N3S.ClH/c1-2-8(4-10-3-1)12-6-9-5-11-7-13-9;/h5,7-8,10,12H,1-4,6H2;1H/t8-;/m1./s1. The summed E-state index contributed by atoms with van der Waals surface area (Å²) in [7, 11) is 0. The van der Waals surface area contributed by atoms with E-state index in [-0.39, 0.29) is 12.4 Å². The maximum Gasteiger partial charge on any atom is 0.0794 e. The lowest BCUT2D eigenvalue weighted by molar-refractivity contribution is 0.390. The largest absolute Gasteiger partial charge is 0.315 e. The molecule has 2 heterocycles. The number of aromatic nitrogens is 1. The van der Waals surface area contributed by atoms with Crippen LogP contribution in [0, 0.1) is 0 Å². The van der Waals surface area contributed by atoms with Crippen LogP contribution in [-0.4, -0.2) is 24.1 Å². The first-order valence-corrected chi connectivity index (χ1v) is 5.64. The van der Waals surface area contributed by atoms with E-state index in [0.717, 1.165) is 13.1 Å². The van der Waals surface area contributed by atoms with Crippen LogP contribution in [0.15, 0.2) is 11.7 Å². The van der Waals surface area contributed by atoms with Gasteiger partial charge in [0.15, 0.2) is 0 Å². The summed E-state index contributed by atoms with van der Waals surface area (Å²) in [6, 6.07) is 0.649. The van der Waals surface area contributed by atoms with E-state index in [2.05, 4.69) is 15.6 Å². The Hall–Kier alpha value is -0.160. The van der Waals surface area contributed by atoms with Gasteiger partial charge in [0, 0.05) is 30.2 Å². The van der Waals surface area contributed by atoms with Crippen molar-refractivity contribution in [2.75, 3.05) is 13.1 Å². The number of halogens is 1. The molecule has 80 valence electrons. The summed E-state index contributed by atoms with van der Waals surface area (Å²) in [4.78, 5) is 5.37. The molecule has 0 aromatic carbocycles. The van der Waals surface area contributed by atoms with Crippen LogP contribution in [0.2, 0.25) is 0 Å². The molecule has 1 aromatic rings. The van der Waals surface area contributed by atoms with E-state index in [0.29, 0.717) is 6.04 Å². The molecule has 3 nitrogen and oxygen atoms in total. The van der Waals surface area contributed by atoms with Crippen molar-refractivity contribution >= 4 is 23.7 Å². The fourth-order valence-corrected chi connectivity index (χ4v) is 2.15. The number of nitrogens with one attached hydrogen (secondary N) is 2. The molecule has 2 N–H and O–H groups in total. The highest BCUT2D eigenvalue weighted by atomic mass is 35.5. The third-order valence-electron chi connectivity index (χ3n) is 2.35. The maximum absolute atomic E-state index is 4.05. The summed E-state index contributed by atoms with van der Waals surface area (Å²) < 4.78 is 0. The summed E-state index contributed by atoms with van der Waals surface area (Å²) in [6.45, 7) is 3.26. The van der Waals surface area contributed by atoms with E-state index >= 15 is 0 Å². The Kier molecular flexibility index (Phi) is 5.40. The van der Waals surface area contributed by atoms with E-state index in [4.69, 9.17) is 0 Å². The van der Waals surface area contributed by atoms with Gasteiger partial charge in [0.1, 0.15) is 0 Å². The minimum absolute atomic E-state index is 0. The second-order valence-electron chi connectivity index (χ2n) is 3.39. The molecule has 0 radical (unpaired) electrons. The Bertz CT molecular complexity index is 234. The molecule has 0 amide bonds. The van der Waals surface area contributed by atoms with Gasteiger partial charge in [-0.2, -0.15) is 0 Å². The minimum atomic E-state index is 0. The SMILES string of the molecule is Cl.c1ncc(CN[C@@H]2CCCNC2)s1. The number of nitrogens with zero attached hydrogens (tertiary/aromatic N) is 1. The van der Waals surface area contributed by atoms with Gasteiger partial charge in [-0.05, 0) is 19.4 Å². The van der Waals surface area contributed by atoms with E-state index in [1.54, 1.807) is 11.3 Å². The van der Waals surface area contributed by atoms with Crippen molar-refractivity contribution in [3.8, 4) is 0 Å². The van der Waals surface area contributed by atoms with Crippen LogP contribution in [0.1, 0.15) is 17.7 Å². The van der Waals surface area contributed by atoms with E-state index < -0.39 is 0 Å². The lowest BCUT2D eigenvalue weighted by Gasteiger charge is -2.23. The maximum atomic E-state index is 4.05. The van der Waals surface area contributed by atoms with Crippen LogP contribution in [-0.2, 0) is 6.54 Å².